The highest BCUT2D eigenvalue weighted by Crippen LogP contribution is 1.94. The van der Waals surface area contributed by atoms with E-state index in [-0.39, 0.29) is 11.7 Å². The molecule has 1 amide bonds. The van der Waals surface area contributed by atoms with Crippen LogP contribution in [-0.4, -0.2) is 17.9 Å². The standard InChI is InChI=1S/C9H9NOS/c11-9(7-12)10-6-8-4-2-1-3-5-8/h1-6,12H,7H2. The molecule has 0 bridgehead atoms. The Balaban J connectivity index is 2.64. The summed E-state index contributed by atoms with van der Waals surface area (Å²) in [5, 5.41) is 0. The lowest BCUT2D eigenvalue weighted by atomic mass is 10.2. The predicted molar refractivity (Wildman–Crippen MR) is 52.9 cm³/mol. The molecule has 0 fully saturated rings. The maximum absolute atomic E-state index is 10.7. The molecule has 0 saturated carbocycles. The molecule has 0 aliphatic carbocycles. The van der Waals surface area contributed by atoms with Crippen molar-refractivity contribution in [1.29, 1.82) is 0 Å². The first-order valence-electron chi connectivity index (χ1n) is 3.56. The van der Waals surface area contributed by atoms with E-state index in [4.69, 9.17) is 0 Å². The van der Waals surface area contributed by atoms with Gasteiger partial charge in [0.1, 0.15) is 0 Å². The van der Waals surface area contributed by atoms with Gasteiger partial charge < -0.3 is 0 Å². The normalized spacial score (nSPS) is 10.4. The van der Waals surface area contributed by atoms with Gasteiger partial charge in [0.25, 0.3) is 5.91 Å². The lowest BCUT2D eigenvalue weighted by Crippen LogP contribution is -1.94. The number of hydrogen-bond donors (Lipinski definition) is 1. The topological polar surface area (TPSA) is 29.4 Å². The molecule has 0 heterocycles. The number of aliphatic imine (C=N–C) groups is 1. The van der Waals surface area contributed by atoms with Crippen molar-refractivity contribution in [2.75, 3.05) is 5.75 Å². The van der Waals surface area contributed by atoms with Crippen LogP contribution < -0.4 is 0 Å². The molecule has 0 atom stereocenters. The van der Waals surface area contributed by atoms with Gasteiger partial charge in [-0.15, -0.1) is 0 Å². The number of thiol groups is 1. The van der Waals surface area contributed by atoms with Crippen molar-refractivity contribution in [3.63, 3.8) is 0 Å². The molecule has 12 heavy (non-hydrogen) atoms. The quantitative estimate of drug-likeness (QED) is 0.542. The summed E-state index contributed by atoms with van der Waals surface area (Å²) in [4.78, 5) is 14.4. The molecular weight excluding hydrogens is 170 g/mol. The highest BCUT2D eigenvalue weighted by Gasteiger charge is 1.90. The number of nitrogens with zero attached hydrogens (tertiary/aromatic N) is 1. The van der Waals surface area contributed by atoms with E-state index >= 15 is 0 Å². The van der Waals surface area contributed by atoms with E-state index < -0.39 is 0 Å². The highest BCUT2D eigenvalue weighted by atomic mass is 32.1. The number of carbonyl (C=O) groups is 1. The molecule has 0 aromatic heterocycles. The summed E-state index contributed by atoms with van der Waals surface area (Å²) in [5.74, 6) is -0.0641. The van der Waals surface area contributed by atoms with Gasteiger partial charge in [0.15, 0.2) is 0 Å². The van der Waals surface area contributed by atoms with Crippen LogP contribution in [-0.2, 0) is 4.79 Å². The van der Waals surface area contributed by atoms with E-state index in [0.29, 0.717) is 0 Å². The summed E-state index contributed by atoms with van der Waals surface area (Å²) >= 11 is 3.80. The number of benzene rings is 1. The summed E-state index contributed by atoms with van der Waals surface area (Å²) in [6.45, 7) is 0. The molecule has 3 heteroatoms. The third kappa shape index (κ3) is 2.88. The summed E-state index contributed by atoms with van der Waals surface area (Å²) in [6.07, 6.45) is 1.54. The molecule has 0 aliphatic heterocycles. The van der Waals surface area contributed by atoms with Crippen molar-refractivity contribution >= 4 is 24.8 Å². The van der Waals surface area contributed by atoms with Crippen LogP contribution in [0, 0.1) is 0 Å². The summed E-state index contributed by atoms with van der Waals surface area (Å²) in [7, 11) is 0. The fourth-order valence-corrected chi connectivity index (χ4v) is 0.808. The number of hydrogen-bond acceptors (Lipinski definition) is 2. The zero-order valence-electron chi connectivity index (χ0n) is 6.47. The van der Waals surface area contributed by atoms with Gasteiger partial charge in [-0.1, -0.05) is 30.3 Å². The molecule has 62 valence electrons. The van der Waals surface area contributed by atoms with Crippen molar-refractivity contribution in [3.8, 4) is 0 Å². The van der Waals surface area contributed by atoms with Gasteiger partial charge in [-0.05, 0) is 5.56 Å². The van der Waals surface area contributed by atoms with Gasteiger partial charge in [-0.25, -0.2) is 4.99 Å². The van der Waals surface area contributed by atoms with E-state index in [1.807, 2.05) is 30.3 Å². The van der Waals surface area contributed by atoms with Crippen LogP contribution in [0.4, 0.5) is 0 Å². The maximum Gasteiger partial charge on any atom is 0.255 e. The van der Waals surface area contributed by atoms with E-state index in [9.17, 15) is 4.79 Å². The van der Waals surface area contributed by atoms with Crippen LogP contribution in [0.15, 0.2) is 35.3 Å². The molecular formula is C9H9NOS. The average Bonchev–Trinajstić information content (AvgIpc) is 2.16. The first-order chi connectivity index (χ1) is 5.83. The fourth-order valence-electron chi connectivity index (χ4n) is 0.726. The Labute approximate surface area is 76.7 Å². The number of carbonyl (C=O) groups excluding carboxylic acids is 1. The SMILES string of the molecule is O=C(CS)N=Cc1ccccc1. The molecule has 0 saturated heterocycles. The molecule has 0 aliphatic rings. The molecule has 1 aromatic rings. The number of amides is 1. The van der Waals surface area contributed by atoms with Crippen molar-refractivity contribution in [2.24, 2.45) is 4.99 Å². The van der Waals surface area contributed by atoms with Gasteiger partial charge in [0.05, 0.1) is 5.75 Å². The molecule has 0 unspecified atom stereocenters. The van der Waals surface area contributed by atoms with E-state index in [1.54, 1.807) is 6.21 Å². The van der Waals surface area contributed by atoms with Gasteiger partial charge in [-0.3, -0.25) is 4.79 Å². The summed E-state index contributed by atoms with van der Waals surface area (Å²) < 4.78 is 0. The summed E-state index contributed by atoms with van der Waals surface area (Å²) in [5.41, 5.74) is 0.924. The Morgan fingerprint density at radius 3 is 2.67 bits per heavy atom. The molecule has 1 rings (SSSR count). The van der Waals surface area contributed by atoms with Crippen LogP contribution in [0.2, 0.25) is 0 Å². The van der Waals surface area contributed by atoms with Crippen LogP contribution in [0.1, 0.15) is 5.56 Å². The first-order valence-corrected chi connectivity index (χ1v) is 4.19. The minimum Gasteiger partial charge on any atom is -0.272 e. The molecule has 0 radical (unpaired) electrons. The van der Waals surface area contributed by atoms with Crippen molar-refractivity contribution < 1.29 is 4.79 Å². The first kappa shape index (κ1) is 9.00. The Kier molecular flexibility index (Phi) is 3.54. The Bertz CT molecular complexity index is 282. The second-order valence-corrected chi connectivity index (χ2v) is 2.54. The van der Waals surface area contributed by atoms with Crippen LogP contribution in [0.3, 0.4) is 0 Å². The largest absolute Gasteiger partial charge is 0.272 e. The molecule has 0 spiro atoms. The maximum atomic E-state index is 10.7. The van der Waals surface area contributed by atoms with E-state index in [1.165, 1.54) is 0 Å². The molecule has 1 aromatic carbocycles. The summed E-state index contributed by atoms with van der Waals surface area (Å²) in [6, 6.07) is 9.47. The van der Waals surface area contributed by atoms with Gasteiger partial charge in [0.2, 0.25) is 0 Å². The number of rotatable bonds is 2. The fraction of sp³-hybridized carbons (Fsp3) is 0.111. The van der Waals surface area contributed by atoms with E-state index in [2.05, 4.69) is 17.6 Å². The highest BCUT2D eigenvalue weighted by molar-refractivity contribution is 7.81. The van der Waals surface area contributed by atoms with Gasteiger partial charge in [-0.2, -0.15) is 12.6 Å². The molecule has 2 nitrogen and oxygen atoms in total. The lowest BCUT2D eigenvalue weighted by molar-refractivity contribution is -0.115. The Morgan fingerprint density at radius 1 is 1.42 bits per heavy atom. The second-order valence-electron chi connectivity index (χ2n) is 2.22. The minimum absolute atomic E-state index is 0.156. The van der Waals surface area contributed by atoms with Crippen molar-refractivity contribution in [1.82, 2.24) is 0 Å². The van der Waals surface area contributed by atoms with Crippen molar-refractivity contribution in [3.05, 3.63) is 35.9 Å². The average molecular weight is 179 g/mol. The predicted octanol–water partition coefficient (Wildman–Crippen LogP) is 1.56. The van der Waals surface area contributed by atoms with Crippen LogP contribution in [0.5, 0.6) is 0 Å². The van der Waals surface area contributed by atoms with Gasteiger partial charge >= 0.3 is 0 Å². The van der Waals surface area contributed by atoms with Crippen LogP contribution >= 0.6 is 12.6 Å². The van der Waals surface area contributed by atoms with Crippen molar-refractivity contribution in [2.45, 2.75) is 0 Å². The van der Waals surface area contributed by atoms with E-state index in [0.717, 1.165) is 5.56 Å². The molecule has 0 N–H and O–H groups in total. The smallest absolute Gasteiger partial charge is 0.255 e. The monoisotopic (exact) mass is 179 g/mol. The van der Waals surface area contributed by atoms with Gasteiger partial charge in [0, 0.05) is 6.21 Å². The second kappa shape index (κ2) is 4.72. The third-order valence-electron chi connectivity index (χ3n) is 1.29. The lowest BCUT2D eigenvalue weighted by Gasteiger charge is -1.89. The zero-order valence-corrected chi connectivity index (χ0v) is 7.37. The Hall–Kier alpha value is -1.09. The Morgan fingerprint density at radius 2 is 2.08 bits per heavy atom. The van der Waals surface area contributed by atoms with Crippen LogP contribution in [0.25, 0.3) is 0 Å². The zero-order chi connectivity index (χ0) is 8.81. The third-order valence-corrected chi connectivity index (χ3v) is 1.56. The minimum atomic E-state index is -0.220.